The fraction of sp³-hybridized carbons (Fsp3) is 0.250. The highest BCUT2D eigenvalue weighted by Gasteiger charge is 2.40. The third kappa shape index (κ3) is 2.10. The van der Waals surface area contributed by atoms with Gasteiger partial charge in [-0.25, -0.2) is 9.69 Å². The van der Waals surface area contributed by atoms with E-state index in [1.807, 2.05) is 0 Å². The van der Waals surface area contributed by atoms with Crippen LogP contribution >= 0.6 is 0 Å². The van der Waals surface area contributed by atoms with Crippen LogP contribution in [0.15, 0.2) is 30.3 Å². The minimum absolute atomic E-state index is 0.209. The first kappa shape index (κ1) is 12.3. The highest BCUT2D eigenvalue weighted by atomic mass is 16.2. The van der Waals surface area contributed by atoms with E-state index < -0.39 is 23.8 Å². The Hall–Kier alpha value is -2.21. The van der Waals surface area contributed by atoms with E-state index in [1.165, 1.54) is 0 Å². The van der Waals surface area contributed by atoms with E-state index in [0.717, 1.165) is 4.90 Å². The Morgan fingerprint density at radius 1 is 1.17 bits per heavy atom. The van der Waals surface area contributed by atoms with Crippen LogP contribution in [0.2, 0.25) is 0 Å². The summed E-state index contributed by atoms with van der Waals surface area (Å²) in [7, 11) is 0. The van der Waals surface area contributed by atoms with Gasteiger partial charge in [-0.3, -0.25) is 14.9 Å². The van der Waals surface area contributed by atoms with Gasteiger partial charge >= 0.3 is 6.03 Å². The molecule has 94 valence electrons. The Balaban J connectivity index is 2.32. The van der Waals surface area contributed by atoms with Crippen LogP contribution in [0.5, 0.6) is 0 Å². The Kier molecular flexibility index (Phi) is 3.38. The number of urea groups is 1. The second-order valence-electron chi connectivity index (χ2n) is 3.93. The van der Waals surface area contributed by atoms with Crippen molar-refractivity contribution in [3.8, 4) is 0 Å². The number of barbiturate groups is 1. The van der Waals surface area contributed by atoms with Gasteiger partial charge in [-0.05, 0) is 25.1 Å². The average molecular weight is 247 g/mol. The van der Waals surface area contributed by atoms with E-state index in [0.29, 0.717) is 5.69 Å². The van der Waals surface area contributed by atoms with Crippen molar-refractivity contribution in [3.05, 3.63) is 30.3 Å². The number of rotatable bonds is 3. The lowest BCUT2D eigenvalue weighted by Gasteiger charge is -2.29. The molecule has 1 aromatic carbocycles. The predicted octanol–water partition coefficient (Wildman–Crippen LogP) is 0.234. The van der Waals surface area contributed by atoms with Crippen molar-refractivity contribution in [2.24, 2.45) is 11.7 Å². The van der Waals surface area contributed by atoms with Crippen LogP contribution in [-0.4, -0.2) is 24.4 Å². The molecule has 1 heterocycles. The number of imide groups is 2. The van der Waals surface area contributed by atoms with Crippen molar-refractivity contribution in [2.45, 2.75) is 6.42 Å². The second kappa shape index (κ2) is 4.97. The highest BCUT2D eigenvalue weighted by Crippen LogP contribution is 2.21. The van der Waals surface area contributed by atoms with E-state index in [4.69, 9.17) is 5.73 Å². The van der Waals surface area contributed by atoms with Gasteiger partial charge in [-0.1, -0.05) is 18.2 Å². The van der Waals surface area contributed by atoms with E-state index in [-0.39, 0.29) is 13.0 Å². The number of carbonyl (C=O) groups is 3. The van der Waals surface area contributed by atoms with Crippen LogP contribution < -0.4 is 16.0 Å². The molecule has 0 aliphatic carbocycles. The van der Waals surface area contributed by atoms with Gasteiger partial charge in [0.1, 0.15) is 5.92 Å². The van der Waals surface area contributed by atoms with E-state index >= 15 is 0 Å². The number of hydrogen-bond donors (Lipinski definition) is 2. The number of nitrogens with one attached hydrogen (secondary N) is 1. The summed E-state index contributed by atoms with van der Waals surface area (Å²) in [4.78, 5) is 36.4. The van der Waals surface area contributed by atoms with Crippen LogP contribution in [0.25, 0.3) is 0 Å². The summed E-state index contributed by atoms with van der Waals surface area (Å²) in [5.41, 5.74) is 5.81. The molecule has 2 rings (SSSR count). The smallest absolute Gasteiger partial charge is 0.330 e. The number of anilines is 1. The van der Waals surface area contributed by atoms with Gasteiger partial charge in [0.25, 0.3) is 0 Å². The van der Waals surface area contributed by atoms with Crippen LogP contribution in [0.1, 0.15) is 6.42 Å². The molecule has 18 heavy (non-hydrogen) atoms. The number of hydrogen-bond acceptors (Lipinski definition) is 4. The zero-order chi connectivity index (χ0) is 13.1. The summed E-state index contributed by atoms with van der Waals surface area (Å²) in [6, 6.07) is 7.75. The zero-order valence-electron chi connectivity index (χ0n) is 9.63. The number of carbonyl (C=O) groups excluding carboxylic acids is 3. The maximum atomic E-state index is 12.1. The van der Waals surface area contributed by atoms with Crippen LogP contribution in [0, 0.1) is 5.92 Å². The highest BCUT2D eigenvalue weighted by molar-refractivity contribution is 6.27. The van der Waals surface area contributed by atoms with Crippen molar-refractivity contribution in [1.82, 2.24) is 5.32 Å². The third-order valence-corrected chi connectivity index (χ3v) is 2.74. The first-order valence-electron chi connectivity index (χ1n) is 5.59. The molecule has 1 saturated heterocycles. The Morgan fingerprint density at radius 2 is 1.83 bits per heavy atom. The van der Waals surface area contributed by atoms with Crippen LogP contribution in [-0.2, 0) is 9.59 Å². The van der Waals surface area contributed by atoms with Crippen LogP contribution in [0.4, 0.5) is 10.5 Å². The maximum Gasteiger partial charge on any atom is 0.335 e. The van der Waals surface area contributed by atoms with E-state index in [9.17, 15) is 14.4 Å². The fourth-order valence-corrected chi connectivity index (χ4v) is 1.86. The van der Waals surface area contributed by atoms with Gasteiger partial charge in [-0.2, -0.15) is 0 Å². The van der Waals surface area contributed by atoms with Gasteiger partial charge in [-0.15, -0.1) is 0 Å². The molecule has 1 aliphatic heterocycles. The quantitative estimate of drug-likeness (QED) is 0.748. The van der Waals surface area contributed by atoms with E-state index in [1.54, 1.807) is 30.3 Å². The van der Waals surface area contributed by atoms with Crippen LogP contribution in [0.3, 0.4) is 0 Å². The molecule has 1 unspecified atom stereocenters. The number of para-hydroxylation sites is 1. The molecule has 6 nitrogen and oxygen atoms in total. The lowest BCUT2D eigenvalue weighted by molar-refractivity contribution is -0.134. The summed E-state index contributed by atoms with van der Waals surface area (Å²) in [5.74, 6) is -2.00. The van der Waals surface area contributed by atoms with Crippen molar-refractivity contribution >= 4 is 23.5 Å². The molecule has 1 fully saturated rings. The van der Waals surface area contributed by atoms with Gasteiger partial charge in [0, 0.05) is 0 Å². The molecule has 0 radical (unpaired) electrons. The molecule has 1 aromatic rings. The average Bonchev–Trinajstić information content (AvgIpc) is 2.35. The largest absolute Gasteiger partial charge is 0.335 e. The zero-order valence-corrected chi connectivity index (χ0v) is 9.63. The number of nitrogens with two attached hydrogens (primary N) is 1. The molecule has 4 amide bonds. The third-order valence-electron chi connectivity index (χ3n) is 2.74. The minimum Gasteiger partial charge on any atom is -0.330 e. The first-order valence-corrected chi connectivity index (χ1v) is 5.59. The van der Waals surface area contributed by atoms with Gasteiger partial charge in [0.2, 0.25) is 11.8 Å². The predicted molar refractivity (Wildman–Crippen MR) is 64.6 cm³/mol. The molecule has 3 N–H and O–H groups in total. The van der Waals surface area contributed by atoms with Crippen molar-refractivity contribution in [3.63, 3.8) is 0 Å². The second-order valence-corrected chi connectivity index (χ2v) is 3.93. The molecule has 0 aromatic heterocycles. The van der Waals surface area contributed by atoms with E-state index in [2.05, 4.69) is 5.32 Å². The lowest BCUT2D eigenvalue weighted by Crippen LogP contribution is -2.58. The van der Waals surface area contributed by atoms with Gasteiger partial charge in [0.15, 0.2) is 0 Å². The molecule has 1 atom stereocenters. The SMILES string of the molecule is NCCC1C(=O)NC(=O)N(c2ccccc2)C1=O. The summed E-state index contributed by atoms with van der Waals surface area (Å²) >= 11 is 0. The molecule has 0 saturated carbocycles. The maximum absolute atomic E-state index is 12.1. The van der Waals surface area contributed by atoms with Crippen molar-refractivity contribution in [2.75, 3.05) is 11.4 Å². The number of amides is 4. The molecule has 0 bridgehead atoms. The Morgan fingerprint density at radius 3 is 2.44 bits per heavy atom. The van der Waals surface area contributed by atoms with Gasteiger partial charge < -0.3 is 5.73 Å². The molecular formula is C12H13N3O3. The fourth-order valence-electron chi connectivity index (χ4n) is 1.86. The minimum atomic E-state index is -0.895. The summed E-state index contributed by atoms with van der Waals surface area (Å²) in [6.45, 7) is 0.209. The molecular weight excluding hydrogens is 234 g/mol. The summed E-state index contributed by atoms with van der Waals surface area (Å²) in [6.07, 6.45) is 0.223. The first-order chi connectivity index (χ1) is 8.65. The summed E-state index contributed by atoms with van der Waals surface area (Å²) < 4.78 is 0. The topological polar surface area (TPSA) is 92.5 Å². The number of benzene rings is 1. The van der Waals surface area contributed by atoms with Crippen molar-refractivity contribution < 1.29 is 14.4 Å². The Bertz CT molecular complexity index is 487. The molecule has 1 aliphatic rings. The monoisotopic (exact) mass is 247 g/mol. The van der Waals surface area contributed by atoms with Gasteiger partial charge in [0.05, 0.1) is 5.69 Å². The Labute approximate surface area is 104 Å². The molecule has 0 spiro atoms. The molecule has 6 heteroatoms. The standard InChI is InChI=1S/C12H13N3O3/c13-7-6-9-10(16)14-12(18)15(11(9)17)8-4-2-1-3-5-8/h1-5,9H,6-7,13H2,(H,14,16,18). The van der Waals surface area contributed by atoms with Crippen molar-refractivity contribution in [1.29, 1.82) is 0 Å². The normalized spacial score (nSPS) is 19.9. The lowest BCUT2D eigenvalue weighted by atomic mass is 10.0. The number of nitrogens with zero attached hydrogens (tertiary/aromatic N) is 1. The summed E-state index contributed by atoms with van der Waals surface area (Å²) in [5, 5.41) is 2.16.